The lowest BCUT2D eigenvalue weighted by Crippen LogP contribution is -2.12. The van der Waals surface area contributed by atoms with Gasteiger partial charge in [0.05, 0.1) is 18.1 Å². The van der Waals surface area contributed by atoms with Crippen molar-refractivity contribution in [3.63, 3.8) is 0 Å². The molecule has 0 radical (unpaired) electrons. The molecule has 3 rings (SSSR count). The summed E-state index contributed by atoms with van der Waals surface area (Å²) in [4.78, 5) is 23.9. The van der Waals surface area contributed by atoms with Gasteiger partial charge in [0, 0.05) is 29.9 Å². The first-order valence-corrected chi connectivity index (χ1v) is 6.99. The standard InChI is InChI=1S/C16H16N4O2/c1-3-14-19-12-5-4-11(9-13(12)20-14)18-16(21)10-6-7-17-15(8-10)22-2/h4-9H,3H2,1-2H3,(H,18,21)(H,19,20). The van der Waals surface area contributed by atoms with Gasteiger partial charge in [-0.05, 0) is 24.3 Å². The van der Waals surface area contributed by atoms with Crippen molar-refractivity contribution in [1.82, 2.24) is 15.0 Å². The summed E-state index contributed by atoms with van der Waals surface area (Å²) in [6, 6.07) is 8.82. The average Bonchev–Trinajstić information content (AvgIpc) is 2.97. The lowest BCUT2D eigenvalue weighted by molar-refractivity contribution is 0.102. The van der Waals surface area contributed by atoms with E-state index in [4.69, 9.17) is 4.74 Å². The number of methoxy groups -OCH3 is 1. The van der Waals surface area contributed by atoms with Gasteiger partial charge in [-0.15, -0.1) is 0 Å². The molecular formula is C16H16N4O2. The van der Waals surface area contributed by atoms with Gasteiger partial charge in [0.2, 0.25) is 5.88 Å². The van der Waals surface area contributed by atoms with Crippen molar-refractivity contribution in [2.45, 2.75) is 13.3 Å². The molecule has 112 valence electrons. The van der Waals surface area contributed by atoms with Crippen LogP contribution >= 0.6 is 0 Å². The number of hydrogen-bond donors (Lipinski definition) is 2. The molecule has 2 aromatic heterocycles. The van der Waals surface area contributed by atoms with Gasteiger partial charge in [0.15, 0.2) is 0 Å². The van der Waals surface area contributed by atoms with Crippen LogP contribution in [0.3, 0.4) is 0 Å². The number of nitrogens with zero attached hydrogens (tertiary/aromatic N) is 2. The van der Waals surface area contributed by atoms with E-state index < -0.39 is 0 Å². The van der Waals surface area contributed by atoms with Gasteiger partial charge < -0.3 is 15.0 Å². The number of imidazole rings is 1. The number of aromatic amines is 1. The first-order valence-electron chi connectivity index (χ1n) is 6.99. The summed E-state index contributed by atoms with van der Waals surface area (Å²) in [6.45, 7) is 2.04. The first kappa shape index (κ1) is 14.1. The van der Waals surface area contributed by atoms with Crippen LogP contribution in [0.2, 0.25) is 0 Å². The van der Waals surface area contributed by atoms with Gasteiger partial charge in [0.25, 0.3) is 5.91 Å². The van der Waals surface area contributed by atoms with Crippen molar-refractivity contribution in [3.8, 4) is 5.88 Å². The van der Waals surface area contributed by atoms with Crippen LogP contribution in [0.15, 0.2) is 36.5 Å². The Bertz CT molecular complexity index is 826. The third-order valence-electron chi connectivity index (χ3n) is 3.33. The molecule has 3 aromatic rings. The van der Waals surface area contributed by atoms with Crippen molar-refractivity contribution in [1.29, 1.82) is 0 Å². The van der Waals surface area contributed by atoms with E-state index >= 15 is 0 Å². The lowest BCUT2D eigenvalue weighted by Gasteiger charge is -2.06. The van der Waals surface area contributed by atoms with Crippen LogP contribution < -0.4 is 10.1 Å². The zero-order valence-electron chi connectivity index (χ0n) is 12.4. The number of anilines is 1. The van der Waals surface area contributed by atoms with Crippen molar-refractivity contribution < 1.29 is 9.53 Å². The molecule has 0 atom stereocenters. The predicted molar refractivity (Wildman–Crippen MR) is 84.2 cm³/mol. The number of amides is 1. The third-order valence-corrected chi connectivity index (χ3v) is 3.33. The molecule has 0 saturated heterocycles. The van der Waals surface area contributed by atoms with E-state index in [0.29, 0.717) is 17.1 Å². The number of benzene rings is 1. The summed E-state index contributed by atoms with van der Waals surface area (Å²) >= 11 is 0. The molecule has 6 nitrogen and oxygen atoms in total. The van der Waals surface area contributed by atoms with Crippen LogP contribution in [-0.2, 0) is 6.42 Å². The Morgan fingerprint density at radius 3 is 2.95 bits per heavy atom. The summed E-state index contributed by atoms with van der Waals surface area (Å²) in [5.41, 5.74) is 2.99. The van der Waals surface area contributed by atoms with E-state index in [2.05, 4.69) is 20.3 Å². The highest BCUT2D eigenvalue weighted by Gasteiger charge is 2.09. The number of hydrogen-bond acceptors (Lipinski definition) is 4. The fraction of sp³-hybridized carbons (Fsp3) is 0.188. The van der Waals surface area contributed by atoms with Crippen molar-refractivity contribution in [2.75, 3.05) is 12.4 Å². The molecule has 2 N–H and O–H groups in total. The molecular weight excluding hydrogens is 280 g/mol. The monoisotopic (exact) mass is 296 g/mol. The Morgan fingerprint density at radius 1 is 1.32 bits per heavy atom. The topological polar surface area (TPSA) is 79.9 Å². The van der Waals surface area contributed by atoms with Crippen LogP contribution in [0.4, 0.5) is 5.69 Å². The molecule has 1 aromatic carbocycles. The molecule has 2 heterocycles. The molecule has 0 aliphatic carbocycles. The number of fused-ring (bicyclic) bond motifs is 1. The quantitative estimate of drug-likeness (QED) is 0.776. The molecule has 0 spiro atoms. The Hall–Kier alpha value is -2.89. The van der Waals surface area contributed by atoms with E-state index in [1.807, 2.05) is 25.1 Å². The predicted octanol–water partition coefficient (Wildman–Crippen LogP) is 2.78. The number of carbonyl (C=O) groups is 1. The second-order valence-electron chi connectivity index (χ2n) is 4.81. The summed E-state index contributed by atoms with van der Waals surface area (Å²) < 4.78 is 5.02. The van der Waals surface area contributed by atoms with Crippen molar-refractivity contribution in [3.05, 3.63) is 47.9 Å². The summed E-state index contributed by atoms with van der Waals surface area (Å²) in [6.07, 6.45) is 2.38. The Morgan fingerprint density at radius 2 is 2.18 bits per heavy atom. The number of rotatable bonds is 4. The van der Waals surface area contributed by atoms with E-state index in [-0.39, 0.29) is 5.91 Å². The SMILES string of the molecule is CCc1nc2ccc(NC(=O)c3ccnc(OC)c3)cc2[nH]1. The molecule has 0 unspecified atom stereocenters. The number of carbonyl (C=O) groups excluding carboxylic acids is 1. The van der Waals surface area contributed by atoms with Crippen LogP contribution in [-0.4, -0.2) is 28.0 Å². The number of H-pyrrole nitrogens is 1. The largest absolute Gasteiger partial charge is 0.481 e. The number of pyridine rings is 1. The summed E-state index contributed by atoms with van der Waals surface area (Å²) in [7, 11) is 1.52. The van der Waals surface area contributed by atoms with E-state index in [0.717, 1.165) is 23.3 Å². The number of ether oxygens (including phenoxy) is 1. The van der Waals surface area contributed by atoms with Gasteiger partial charge in [-0.1, -0.05) is 6.92 Å². The minimum Gasteiger partial charge on any atom is -0.481 e. The van der Waals surface area contributed by atoms with Gasteiger partial charge in [0.1, 0.15) is 5.82 Å². The number of aryl methyl sites for hydroxylation is 1. The molecule has 1 amide bonds. The zero-order chi connectivity index (χ0) is 15.5. The highest BCUT2D eigenvalue weighted by molar-refractivity contribution is 6.05. The molecule has 0 bridgehead atoms. The maximum Gasteiger partial charge on any atom is 0.255 e. The molecule has 0 fully saturated rings. The van der Waals surface area contributed by atoms with Crippen LogP contribution in [0.5, 0.6) is 5.88 Å². The molecule has 22 heavy (non-hydrogen) atoms. The number of nitrogens with one attached hydrogen (secondary N) is 2. The Labute approximate surface area is 127 Å². The lowest BCUT2D eigenvalue weighted by atomic mass is 10.2. The summed E-state index contributed by atoms with van der Waals surface area (Å²) in [5.74, 6) is 1.12. The Kier molecular flexibility index (Phi) is 3.74. The average molecular weight is 296 g/mol. The molecule has 6 heteroatoms. The maximum atomic E-state index is 12.3. The zero-order valence-corrected chi connectivity index (χ0v) is 12.4. The second-order valence-corrected chi connectivity index (χ2v) is 4.81. The smallest absolute Gasteiger partial charge is 0.255 e. The fourth-order valence-corrected chi connectivity index (χ4v) is 2.17. The normalized spacial score (nSPS) is 10.6. The van der Waals surface area contributed by atoms with Crippen LogP contribution in [0.25, 0.3) is 11.0 Å². The van der Waals surface area contributed by atoms with Crippen LogP contribution in [0, 0.1) is 0 Å². The second kappa shape index (κ2) is 5.85. The summed E-state index contributed by atoms with van der Waals surface area (Å²) in [5, 5.41) is 2.86. The van der Waals surface area contributed by atoms with Crippen molar-refractivity contribution >= 4 is 22.6 Å². The van der Waals surface area contributed by atoms with Crippen molar-refractivity contribution in [2.24, 2.45) is 0 Å². The molecule has 0 aliphatic rings. The Balaban J connectivity index is 1.83. The van der Waals surface area contributed by atoms with Crippen LogP contribution in [0.1, 0.15) is 23.1 Å². The van der Waals surface area contributed by atoms with E-state index in [1.54, 1.807) is 18.3 Å². The fourth-order valence-electron chi connectivity index (χ4n) is 2.17. The number of aromatic nitrogens is 3. The van der Waals surface area contributed by atoms with Gasteiger partial charge in [-0.3, -0.25) is 4.79 Å². The first-order chi connectivity index (χ1) is 10.7. The van der Waals surface area contributed by atoms with Gasteiger partial charge in [-0.25, -0.2) is 9.97 Å². The van der Waals surface area contributed by atoms with Gasteiger partial charge in [-0.2, -0.15) is 0 Å². The highest BCUT2D eigenvalue weighted by Crippen LogP contribution is 2.18. The van der Waals surface area contributed by atoms with E-state index in [9.17, 15) is 4.79 Å². The maximum absolute atomic E-state index is 12.3. The van der Waals surface area contributed by atoms with Gasteiger partial charge >= 0.3 is 0 Å². The van der Waals surface area contributed by atoms with E-state index in [1.165, 1.54) is 7.11 Å². The molecule has 0 saturated carbocycles. The third kappa shape index (κ3) is 2.76. The minimum absolute atomic E-state index is 0.213. The highest BCUT2D eigenvalue weighted by atomic mass is 16.5. The minimum atomic E-state index is -0.213. The molecule has 0 aliphatic heterocycles.